The highest BCUT2D eigenvalue weighted by Gasteiger charge is 2.56. The molecule has 31 heavy (non-hydrogen) atoms. The van der Waals surface area contributed by atoms with Gasteiger partial charge >= 0.3 is 11.7 Å². The van der Waals surface area contributed by atoms with Gasteiger partial charge in [0.05, 0.1) is 11.5 Å². The Hall–Kier alpha value is -3.82. The molecule has 0 amide bonds. The van der Waals surface area contributed by atoms with Gasteiger partial charge in [-0.05, 0) is 25.7 Å². The van der Waals surface area contributed by atoms with Crippen molar-refractivity contribution < 1.29 is 14.5 Å². The van der Waals surface area contributed by atoms with Crippen LogP contribution in [0.2, 0.25) is 0 Å². The van der Waals surface area contributed by atoms with Crippen molar-refractivity contribution in [1.29, 1.82) is 0 Å². The van der Waals surface area contributed by atoms with E-state index in [4.69, 9.17) is 4.74 Å². The summed E-state index contributed by atoms with van der Waals surface area (Å²) in [6, 6.07) is 9.00. The molecule has 1 aliphatic heterocycles. The maximum atomic E-state index is 12.5. The number of carbonyl (C=O) groups excluding carboxylic acids is 1. The zero-order valence-electron chi connectivity index (χ0n) is 16.8. The summed E-state index contributed by atoms with van der Waals surface area (Å²) in [5.74, 6) is 0.958. The van der Waals surface area contributed by atoms with Gasteiger partial charge in [0.2, 0.25) is 11.8 Å². The van der Waals surface area contributed by atoms with Gasteiger partial charge in [-0.1, -0.05) is 30.3 Å². The molecule has 0 radical (unpaired) electrons. The molecular formula is C21H20N6O4. The summed E-state index contributed by atoms with van der Waals surface area (Å²) in [5.41, 5.74) is 0.635. The molecule has 3 heterocycles. The molecule has 10 nitrogen and oxygen atoms in total. The lowest BCUT2D eigenvalue weighted by molar-refractivity contribution is -0.384. The molecular weight excluding hydrogens is 400 g/mol. The molecule has 0 spiro atoms. The minimum Gasteiger partial charge on any atom is -0.464 e. The molecule has 2 fully saturated rings. The first-order chi connectivity index (χ1) is 15.1. The molecule has 0 bridgehead atoms. The summed E-state index contributed by atoms with van der Waals surface area (Å²) in [4.78, 5) is 38.7. The quantitative estimate of drug-likeness (QED) is 0.339. The first-order valence-electron chi connectivity index (χ1n) is 10.1. The first-order valence-corrected chi connectivity index (χ1v) is 10.1. The summed E-state index contributed by atoms with van der Waals surface area (Å²) in [6.07, 6.45) is 6.03. The number of imidazole rings is 1. The maximum Gasteiger partial charge on any atom is 0.329 e. The van der Waals surface area contributed by atoms with E-state index in [2.05, 4.69) is 15.0 Å². The highest BCUT2D eigenvalue weighted by atomic mass is 16.6. The van der Waals surface area contributed by atoms with E-state index in [0.717, 1.165) is 12.0 Å². The van der Waals surface area contributed by atoms with Gasteiger partial charge in [-0.3, -0.25) is 14.7 Å². The summed E-state index contributed by atoms with van der Waals surface area (Å²) in [6.45, 7) is 2.00. The largest absolute Gasteiger partial charge is 0.464 e. The fourth-order valence-corrected chi connectivity index (χ4v) is 4.27. The molecule has 3 aromatic rings. The number of nitrogens with zero attached hydrogens (tertiary/aromatic N) is 6. The van der Waals surface area contributed by atoms with E-state index in [9.17, 15) is 14.9 Å². The third-order valence-corrected chi connectivity index (χ3v) is 5.73. The minimum atomic E-state index is -0.582. The lowest BCUT2D eigenvalue weighted by atomic mass is 10.1. The number of benzene rings is 1. The number of fused-ring (bicyclic) bond motifs is 1. The molecule has 3 atom stereocenters. The van der Waals surface area contributed by atoms with Crippen LogP contribution in [0.15, 0.2) is 48.9 Å². The average molecular weight is 420 g/mol. The van der Waals surface area contributed by atoms with Gasteiger partial charge in [0.25, 0.3) is 0 Å². The van der Waals surface area contributed by atoms with Crippen molar-refractivity contribution in [2.75, 3.05) is 11.5 Å². The second kappa shape index (κ2) is 7.46. The monoisotopic (exact) mass is 420 g/mol. The Morgan fingerprint density at radius 3 is 2.81 bits per heavy atom. The Bertz CT molecular complexity index is 1150. The number of nitro groups is 1. The zero-order chi connectivity index (χ0) is 21.5. The van der Waals surface area contributed by atoms with Crippen molar-refractivity contribution in [2.24, 2.45) is 5.92 Å². The summed E-state index contributed by atoms with van der Waals surface area (Å²) in [7, 11) is 0. The predicted molar refractivity (Wildman–Crippen MR) is 111 cm³/mol. The third kappa shape index (κ3) is 3.29. The highest BCUT2D eigenvalue weighted by molar-refractivity contribution is 5.83. The average Bonchev–Trinajstić information content (AvgIpc) is 3.21. The summed E-state index contributed by atoms with van der Waals surface area (Å²) >= 11 is 0. The van der Waals surface area contributed by atoms with Crippen LogP contribution in [0.5, 0.6) is 0 Å². The van der Waals surface area contributed by atoms with Crippen LogP contribution >= 0.6 is 0 Å². The van der Waals surface area contributed by atoms with Gasteiger partial charge in [-0.25, -0.2) is 14.8 Å². The van der Waals surface area contributed by atoms with Crippen LogP contribution in [0.1, 0.15) is 19.8 Å². The number of ether oxygens (including phenoxy) is 1. The van der Waals surface area contributed by atoms with Crippen LogP contribution in [0, 0.1) is 16.0 Å². The molecule has 1 saturated heterocycles. The highest BCUT2D eigenvalue weighted by Crippen LogP contribution is 2.51. The lowest BCUT2D eigenvalue weighted by Gasteiger charge is -2.26. The van der Waals surface area contributed by atoms with E-state index in [0.29, 0.717) is 18.2 Å². The van der Waals surface area contributed by atoms with Gasteiger partial charge in [-0.2, -0.15) is 4.98 Å². The Kier molecular flexibility index (Phi) is 4.61. The topological polar surface area (TPSA) is 116 Å². The first kappa shape index (κ1) is 19.2. The Balaban J connectivity index is 1.60. The van der Waals surface area contributed by atoms with Crippen molar-refractivity contribution in [1.82, 2.24) is 19.5 Å². The number of rotatable bonds is 6. The number of hydrogen-bond donors (Lipinski definition) is 0. The number of esters is 1. The van der Waals surface area contributed by atoms with E-state index >= 15 is 0 Å². The molecule has 0 N–H and O–H groups in total. The second-order valence-electron chi connectivity index (χ2n) is 7.60. The van der Waals surface area contributed by atoms with Crippen LogP contribution in [0.4, 0.5) is 11.5 Å². The van der Waals surface area contributed by atoms with Crippen LogP contribution < -0.4 is 4.90 Å². The maximum absolute atomic E-state index is 12.5. The number of aromatic nitrogens is 4. The van der Waals surface area contributed by atoms with Crippen molar-refractivity contribution in [3.8, 4) is 17.3 Å². The fraction of sp³-hybridized carbons (Fsp3) is 0.333. The van der Waals surface area contributed by atoms with Crippen molar-refractivity contribution >= 4 is 17.5 Å². The molecule has 1 aromatic carbocycles. The molecule has 1 aliphatic carbocycles. The minimum absolute atomic E-state index is 0.0484. The van der Waals surface area contributed by atoms with E-state index in [1.165, 1.54) is 6.20 Å². The van der Waals surface area contributed by atoms with Crippen molar-refractivity contribution in [3.63, 3.8) is 0 Å². The Morgan fingerprint density at radius 1 is 1.26 bits per heavy atom. The predicted octanol–water partition coefficient (Wildman–Crippen LogP) is 2.77. The molecule has 1 saturated carbocycles. The summed E-state index contributed by atoms with van der Waals surface area (Å²) < 4.78 is 6.90. The van der Waals surface area contributed by atoms with Gasteiger partial charge in [0.15, 0.2) is 0 Å². The van der Waals surface area contributed by atoms with E-state index in [1.807, 2.05) is 30.3 Å². The normalized spacial score (nSPS) is 21.6. The van der Waals surface area contributed by atoms with Crippen molar-refractivity contribution in [2.45, 2.75) is 31.8 Å². The fourth-order valence-electron chi connectivity index (χ4n) is 4.27. The van der Waals surface area contributed by atoms with Crippen LogP contribution in [0.25, 0.3) is 17.3 Å². The second-order valence-corrected chi connectivity index (χ2v) is 7.60. The number of anilines is 1. The molecule has 2 aromatic heterocycles. The molecule has 10 heteroatoms. The number of carbonyl (C=O) groups is 1. The van der Waals surface area contributed by atoms with E-state index in [1.54, 1.807) is 28.8 Å². The van der Waals surface area contributed by atoms with Crippen LogP contribution in [-0.4, -0.2) is 49.1 Å². The van der Waals surface area contributed by atoms with E-state index < -0.39 is 11.0 Å². The Labute approximate surface area is 177 Å². The molecule has 5 rings (SSSR count). The standard InChI is InChI=1S/C21H20N6O4/c1-2-31-20(28)16-11-14-10-15(14)26(16)19-17(27(29)30)12-23-21(24-19)25-9-8-22-18(25)13-6-4-3-5-7-13/h3-9,12,14-16H,2,10-11H2,1H3. The van der Waals surface area contributed by atoms with Crippen molar-refractivity contribution in [3.05, 3.63) is 59.0 Å². The number of hydrogen-bond acceptors (Lipinski definition) is 8. The van der Waals surface area contributed by atoms with Crippen LogP contribution in [0.3, 0.4) is 0 Å². The van der Waals surface area contributed by atoms with Crippen LogP contribution in [-0.2, 0) is 9.53 Å². The van der Waals surface area contributed by atoms with Gasteiger partial charge < -0.3 is 9.64 Å². The molecule has 2 aliphatic rings. The SMILES string of the molecule is CCOC(=O)C1CC2CC2N1c1nc(-n2ccnc2-c2ccccc2)ncc1[N+](=O)[O-]. The van der Waals surface area contributed by atoms with Gasteiger partial charge in [-0.15, -0.1) is 0 Å². The van der Waals surface area contributed by atoms with E-state index in [-0.39, 0.29) is 36.1 Å². The Morgan fingerprint density at radius 2 is 2.06 bits per heavy atom. The number of piperidine rings is 1. The molecule has 3 unspecified atom stereocenters. The van der Waals surface area contributed by atoms with Gasteiger partial charge in [0.1, 0.15) is 18.1 Å². The van der Waals surface area contributed by atoms with Gasteiger partial charge in [0, 0.05) is 24.0 Å². The summed E-state index contributed by atoms with van der Waals surface area (Å²) in [5, 5.41) is 11.8. The smallest absolute Gasteiger partial charge is 0.329 e. The zero-order valence-corrected chi connectivity index (χ0v) is 16.8. The lowest BCUT2D eigenvalue weighted by Crippen LogP contribution is -2.41. The third-order valence-electron chi connectivity index (χ3n) is 5.73. The molecule has 158 valence electrons.